The van der Waals surface area contributed by atoms with Gasteiger partial charge in [-0.15, -0.1) is 0 Å². The van der Waals surface area contributed by atoms with Crippen molar-refractivity contribution in [3.8, 4) is 0 Å². The fraction of sp³-hybridized carbons (Fsp3) is 1.00. The number of hydrogen-bond acceptors (Lipinski definition) is 1. The molecule has 1 aliphatic heterocycles. The molecule has 0 N–H and O–H groups in total. The highest BCUT2D eigenvalue weighted by atomic mass is 15.1. The molecule has 0 amide bonds. The minimum Gasteiger partial charge on any atom is -0.351 e. The van der Waals surface area contributed by atoms with Gasteiger partial charge in [0.05, 0.1) is 0 Å². The molecule has 0 aliphatic carbocycles. The van der Waals surface area contributed by atoms with E-state index < -0.39 is 0 Å². The Morgan fingerprint density at radius 2 is 2.11 bits per heavy atom. The normalized spacial score (nSPS) is 38.9. The third-order valence-electron chi connectivity index (χ3n) is 2.19. The van der Waals surface area contributed by atoms with Gasteiger partial charge in [0.2, 0.25) is 0 Å². The molecule has 0 bridgehead atoms. The smallest absolute Gasteiger partial charge is 0.182 e. The first-order valence-electron chi connectivity index (χ1n) is 3.71. The summed E-state index contributed by atoms with van der Waals surface area (Å²) in [5.74, 6) is 0.875. The van der Waals surface area contributed by atoms with Crippen molar-refractivity contribution in [1.82, 2.24) is 4.81 Å². The summed E-state index contributed by atoms with van der Waals surface area (Å²) in [5, 5.41) is 0. The van der Waals surface area contributed by atoms with Crippen LogP contribution in [0.2, 0.25) is 0 Å². The molecule has 1 heterocycles. The summed E-state index contributed by atoms with van der Waals surface area (Å²) in [6.45, 7) is 5.56. The average Bonchev–Trinajstić information content (AvgIpc) is 1.80. The Morgan fingerprint density at radius 1 is 1.44 bits per heavy atom. The molecule has 1 aliphatic rings. The van der Waals surface area contributed by atoms with Gasteiger partial charge in [-0.05, 0) is 31.3 Å². The van der Waals surface area contributed by atoms with Gasteiger partial charge in [0, 0.05) is 0 Å². The van der Waals surface area contributed by atoms with Crippen molar-refractivity contribution in [2.45, 2.75) is 32.7 Å². The van der Waals surface area contributed by atoms with Crippen LogP contribution >= 0.6 is 0 Å². The zero-order valence-corrected chi connectivity index (χ0v) is 6.30. The predicted molar refractivity (Wildman–Crippen MR) is 40.3 cm³/mol. The van der Waals surface area contributed by atoms with E-state index in [1.54, 1.807) is 0 Å². The highest BCUT2D eigenvalue weighted by molar-refractivity contribution is 6.04. The summed E-state index contributed by atoms with van der Waals surface area (Å²) in [6.07, 6.45) is 2.53. The second-order valence-electron chi connectivity index (χ2n) is 3.22. The molecule has 2 heteroatoms. The number of rotatable bonds is 0. The number of nitrogens with zero attached hydrogens (tertiary/aromatic N) is 1. The number of hydrogen-bond donors (Lipinski definition) is 0. The van der Waals surface area contributed by atoms with Crippen LogP contribution in [0.15, 0.2) is 0 Å². The van der Waals surface area contributed by atoms with Crippen molar-refractivity contribution in [2.24, 2.45) is 5.92 Å². The first kappa shape index (κ1) is 7.14. The third-order valence-corrected chi connectivity index (χ3v) is 2.19. The zero-order valence-electron chi connectivity index (χ0n) is 6.30. The lowest BCUT2D eigenvalue weighted by Crippen LogP contribution is -2.37. The molecule has 0 aromatic carbocycles. The Labute approximate surface area is 58.9 Å². The van der Waals surface area contributed by atoms with Gasteiger partial charge in [0.1, 0.15) is 0 Å². The quantitative estimate of drug-likeness (QED) is 0.437. The van der Waals surface area contributed by atoms with E-state index in [0.29, 0.717) is 6.04 Å². The molecule has 1 nitrogen and oxygen atoms in total. The molecule has 9 heavy (non-hydrogen) atoms. The van der Waals surface area contributed by atoms with Crippen molar-refractivity contribution in [3.63, 3.8) is 0 Å². The predicted octanol–water partition coefficient (Wildman–Crippen LogP) is 1.19. The van der Waals surface area contributed by atoms with Crippen molar-refractivity contribution >= 4 is 7.98 Å². The van der Waals surface area contributed by atoms with Crippen LogP contribution in [0.1, 0.15) is 26.7 Å². The van der Waals surface area contributed by atoms with Crippen LogP contribution in [0.3, 0.4) is 0 Å². The first-order valence-corrected chi connectivity index (χ1v) is 3.71. The van der Waals surface area contributed by atoms with E-state index in [2.05, 4.69) is 13.8 Å². The van der Waals surface area contributed by atoms with Crippen LogP contribution < -0.4 is 0 Å². The second-order valence-corrected chi connectivity index (χ2v) is 3.22. The van der Waals surface area contributed by atoms with Crippen molar-refractivity contribution in [2.75, 3.05) is 6.54 Å². The minimum atomic E-state index is 0.591. The summed E-state index contributed by atoms with van der Waals surface area (Å²) in [5.41, 5.74) is 0. The van der Waals surface area contributed by atoms with Crippen molar-refractivity contribution in [3.05, 3.63) is 0 Å². The molecule has 0 spiro atoms. The molecule has 1 rings (SSSR count). The Bertz CT molecular complexity index is 94.9. The monoisotopic (exact) mass is 123 g/mol. The van der Waals surface area contributed by atoms with Gasteiger partial charge in [-0.2, -0.15) is 0 Å². The summed E-state index contributed by atoms with van der Waals surface area (Å²) < 4.78 is 0. The van der Waals surface area contributed by atoms with Crippen LogP contribution in [0.4, 0.5) is 0 Å². The number of piperidine rings is 1. The maximum Gasteiger partial charge on any atom is 0.182 e. The lowest BCUT2D eigenvalue weighted by atomic mass is 9.91. The first-order chi connectivity index (χ1) is 4.20. The highest BCUT2D eigenvalue weighted by Gasteiger charge is 2.18. The van der Waals surface area contributed by atoms with E-state index in [4.69, 9.17) is 7.98 Å². The molecule has 1 saturated heterocycles. The molecule has 0 unspecified atom stereocenters. The molecule has 0 aromatic heterocycles. The topological polar surface area (TPSA) is 3.24 Å². The van der Waals surface area contributed by atoms with Crippen LogP contribution in [-0.4, -0.2) is 25.4 Å². The van der Waals surface area contributed by atoms with Gasteiger partial charge < -0.3 is 4.81 Å². The van der Waals surface area contributed by atoms with Crippen molar-refractivity contribution < 1.29 is 0 Å². The summed E-state index contributed by atoms with van der Waals surface area (Å²) in [4.78, 5) is 1.94. The van der Waals surface area contributed by atoms with E-state index in [1.807, 2.05) is 4.81 Å². The van der Waals surface area contributed by atoms with Crippen molar-refractivity contribution in [1.29, 1.82) is 0 Å². The molecule has 1 fully saturated rings. The Hall–Kier alpha value is 0.0249. The van der Waals surface area contributed by atoms with Gasteiger partial charge >= 0.3 is 0 Å². The SMILES string of the molecule is [B]N1CC[C@H](C)C[C@@H]1C. The Morgan fingerprint density at radius 3 is 2.56 bits per heavy atom. The van der Waals surface area contributed by atoms with E-state index >= 15 is 0 Å². The second kappa shape index (κ2) is 2.74. The average molecular weight is 123 g/mol. The van der Waals surface area contributed by atoms with Gasteiger partial charge in [-0.3, -0.25) is 0 Å². The Balaban J connectivity index is 2.35. The maximum atomic E-state index is 5.67. The highest BCUT2D eigenvalue weighted by Crippen LogP contribution is 2.19. The lowest BCUT2D eigenvalue weighted by molar-refractivity contribution is 0.227. The third kappa shape index (κ3) is 1.72. The molecule has 2 atom stereocenters. The maximum absolute atomic E-state index is 5.67. The fourth-order valence-electron chi connectivity index (χ4n) is 1.43. The van der Waals surface area contributed by atoms with Gasteiger partial charge in [0.15, 0.2) is 7.98 Å². The molecular weight excluding hydrogens is 109 g/mol. The summed E-state index contributed by atoms with van der Waals surface area (Å²) >= 11 is 0. The van der Waals surface area contributed by atoms with Crippen LogP contribution in [0, 0.1) is 5.92 Å². The lowest BCUT2D eigenvalue weighted by Gasteiger charge is -2.33. The molecule has 0 aromatic rings. The van der Waals surface area contributed by atoms with E-state index in [0.717, 1.165) is 12.5 Å². The molecule has 50 valence electrons. The molecule has 2 radical (unpaired) electrons. The van der Waals surface area contributed by atoms with Crippen LogP contribution in [-0.2, 0) is 0 Å². The van der Waals surface area contributed by atoms with Gasteiger partial charge in [-0.25, -0.2) is 0 Å². The molecule has 0 saturated carbocycles. The largest absolute Gasteiger partial charge is 0.351 e. The summed E-state index contributed by atoms with van der Waals surface area (Å²) in [7, 11) is 5.67. The Kier molecular flexibility index (Phi) is 2.17. The van der Waals surface area contributed by atoms with Crippen LogP contribution in [0.5, 0.6) is 0 Å². The van der Waals surface area contributed by atoms with E-state index in [9.17, 15) is 0 Å². The zero-order chi connectivity index (χ0) is 6.85. The van der Waals surface area contributed by atoms with Crippen LogP contribution in [0.25, 0.3) is 0 Å². The minimum absolute atomic E-state index is 0.591. The fourth-order valence-corrected chi connectivity index (χ4v) is 1.43. The van der Waals surface area contributed by atoms with Gasteiger partial charge in [-0.1, -0.05) is 13.8 Å². The standard InChI is InChI=1S/C7H14BN/c1-6-3-4-9(8)7(2)5-6/h6-7H,3-5H2,1-2H3/t6-,7-/m0/s1. The van der Waals surface area contributed by atoms with E-state index in [-0.39, 0.29) is 0 Å². The molecular formula is C7H14BN. The van der Waals surface area contributed by atoms with Gasteiger partial charge in [0.25, 0.3) is 0 Å². The van der Waals surface area contributed by atoms with E-state index in [1.165, 1.54) is 12.8 Å². The summed E-state index contributed by atoms with van der Waals surface area (Å²) in [6, 6.07) is 0.591.